The molecular weight excluding hydrogens is 472 g/mol. The quantitative estimate of drug-likeness (QED) is 0.332. The summed E-state index contributed by atoms with van der Waals surface area (Å²) in [5, 5.41) is 2.86. The predicted octanol–water partition coefficient (Wildman–Crippen LogP) is 5.53. The normalized spacial score (nSPS) is 10.5. The first-order valence-electron chi connectivity index (χ1n) is 10.0. The number of rotatable bonds is 9. The molecule has 0 spiro atoms. The van der Waals surface area contributed by atoms with Crippen molar-refractivity contribution in [3.63, 3.8) is 0 Å². The fourth-order valence-electron chi connectivity index (χ4n) is 2.88. The SMILES string of the molecule is O=C(NCc1ccc(OCc2ccccn2)cc1)c1ccc(COc2ccc(Br)cc2)o1. The van der Waals surface area contributed by atoms with Crippen molar-refractivity contribution in [2.24, 2.45) is 0 Å². The van der Waals surface area contributed by atoms with Gasteiger partial charge in [0, 0.05) is 17.2 Å². The van der Waals surface area contributed by atoms with Crippen molar-refractivity contribution < 1.29 is 18.7 Å². The lowest BCUT2D eigenvalue weighted by molar-refractivity contribution is 0.0919. The summed E-state index contributed by atoms with van der Waals surface area (Å²) in [5.74, 6) is 2.01. The Hall–Kier alpha value is -3.58. The molecule has 0 aliphatic carbocycles. The second-order valence-electron chi connectivity index (χ2n) is 6.94. The first-order chi connectivity index (χ1) is 15.7. The highest BCUT2D eigenvalue weighted by molar-refractivity contribution is 9.10. The van der Waals surface area contributed by atoms with E-state index in [-0.39, 0.29) is 18.3 Å². The Morgan fingerprint density at radius 1 is 0.875 bits per heavy atom. The molecule has 2 aromatic carbocycles. The number of carbonyl (C=O) groups excluding carboxylic acids is 1. The van der Waals surface area contributed by atoms with Crippen LogP contribution in [0.1, 0.15) is 27.6 Å². The van der Waals surface area contributed by atoms with Gasteiger partial charge in [-0.1, -0.05) is 34.1 Å². The first-order valence-corrected chi connectivity index (χ1v) is 10.8. The summed E-state index contributed by atoms with van der Waals surface area (Å²) < 4.78 is 18.0. The lowest BCUT2D eigenvalue weighted by Gasteiger charge is -2.07. The van der Waals surface area contributed by atoms with Crippen molar-refractivity contribution in [2.45, 2.75) is 19.8 Å². The van der Waals surface area contributed by atoms with Gasteiger partial charge in [0.1, 0.15) is 30.5 Å². The molecule has 0 saturated carbocycles. The molecule has 1 amide bonds. The highest BCUT2D eigenvalue weighted by atomic mass is 79.9. The van der Waals surface area contributed by atoms with Gasteiger partial charge in [-0.25, -0.2) is 0 Å². The molecule has 4 rings (SSSR count). The van der Waals surface area contributed by atoms with Crippen molar-refractivity contribution in [3.05, 3.63) is 112 Å². The van der Waals surface area contributed by atoms with Crippen LogP contribution < -0.4 is 14.8 Å². The molecule has 0 aliphatic rings. The molecule has 0 unspecified atom stereocenters. The number of nitrogens with zero attached hydrogens (tertiary/aromatic N) is 1. The van der Waals surface area contributed by atoms with Crippen molar-refractivity contribution in [3.8, 4) is 11.5 Å². The number of carbonyl (C=O) groups is 1. The Morgan fingerprint density at radius 3 is 2.31 bits per heavy atom. The van der Waals surface area contributed by atoms with Gasteiger partial charge in [0.05, 0.1) is 5.69 Å². The molecular formula is C25H21BrN2O4. The van der Waals surface area contributed by atoms with Crippen LogP contribution in [0, 0.1) is 0 Å². The van der Waals surface area contributed by atoms with Gasteiger partial charge in [0.25, 0.3) is 5.91 Å². The van der Waals surface area contributed by atoms with Gasteiger partial charge >= 0.3 is 0 Å². The van der Waals surface area contributed by atoms with Gasteiger partial charge < -0.3 is 19.2 Å². The van der Waals surface area contributed by atoms with Gasteiger partial charge in [0.2, 0.25) is 0 Å². The van der Waals surface area contributed by atoms with E-state index in [1.807, 2.05) is 66.7 Å². The Labute approximate surface area is 194 Å². The van der Waals surface area contributed by atoms with E-state index >= 15 is 0 Å². The number of halogens is 1. The van der Waals surface area contributed by atoms with Crippen LogP contribution in [-0.2, 0) is 19.8 Å². The molecule has 1 N–H and O–H groups in total. The third-order valence-electron chi connectivity index (χ3n) is 4.57. The number of hydrogen-bond donors (Lipinski definition) is 1. The largest absolute Gasteiger partial charge is 0.487 e. The maximum absolute atomic E-state index is 12.4. The Morgan fingerprint density at radius 2 is 1.59 bits per heavy atom. The predicted molar refractivity (Wildman–Crippen MR) is 123 cm³/mol. The van der Waals surface area contributed by atoms with Gasteiger partial charge in [-0.15, -0.1) is 0 Å². The van der Waals surface area contributed by atoms with Crippen LogP contribution in [0.4, 0.5) is 0 Å². The fraction of sp³-hybridized carbons (Fsp3) is 0.120. The number of amides is 1. The maximum Gasteiger partial charge on any atom is 0.287 e. The van der Waals surface area contributed by atoms with Crippen molar-refractivity contribution in [1.82, 2.24) is 10.3 Å². The molecule has 162 valence electrons. The Balaban J connectivity index is 1.23. The minimum absolute atomic E-state index is 0.245. The summed E-state index contributed by atoms with van der Waals surface area (Å²) in [6.07, 6.45) is 1.74. The second kappa shape index (κ2) is 10.6. The molecule has 0 atom stereocenters. The molecule has 4 aromatic rings. The highest BCUT2D eigenvalue weighted by Crippen LogP contribution is 2.18. The van der Waals surface area contributed by atoms with E-state index in [0.717, 1.165) is 27.2 Å². The molecule has 2 heterocycles. The minimum atomic E-state index is -0.282. The zero-order valence-corrected chi connectivity index (χ0v) is 18.7. The monoisotopic (exact) mass is 492 g/mol. The summed E-state index contributed by atoms with van der Waals surface area (Å²) in [4.78, 5) is 16.6. The summed E-state index contributed by atoms with van der Waals surface area (Å²) >= 11 is 3.38. The number of hydrogen-bond acceptors (Lipinski definition) is 5. The standard InChI is InChI=1S/C25H21BrN2O4/c26-19-6-10-22(11-7-19)31-17-23-12-13-24(32-23)25(29)28-15-18-4-8-21(9-5-18)30-16-20-3-1-2-14-27-20/h1-14H,15-17H2,(H,28,29). The minimum Gasteiger partial charge on any atom is -0.487 e. The fourth-order valence-corrected chi connectivity index (χ4v) is 3.14. The number of nitrogens with one attached hydrogen (secondary N) is 1. The van der Waals surface area contributed by atoms with Crippen molar-refractivity contribution >= 4 is 21.8 Å². The number of aromatic nitrogens is 1. The van der Waals surface area contributed by atoms with Crippen LogP contribution in [0.3, 0.4) is 0 Å². The summed E-state index contributed by atoms with van der Waals surface area (Å²) in [7, 11) is 0. The molecule has 0 radical (unpaired) electrons. The van der Waals surface area contributed by atoms with Crippen LogP contribution in [0.25, 0.3) is 0 Å². The third kappa shape index (κ3) is 6.21. The Bertz CT molecular complexity index is 1140. The zero-order chi connectivity index (χ0) is 22.2. The number of benzene rings is 2. The van der Waals surface area contributed by atoms with Gasteiger partial charge in [-0.05, 0) is 66.2 Å². The number of pyridine rings is 1. The highest BCUT2D eigenvalue weighted by Gasteiger charge is 2.11. The Kier molecular flexibility index (Phi) is 7.19. The van der Waals surface area contributed by atoms with Gasteiger partial charge in [-0.2, -0.15) is 0 Å². The molecule has 0 bridgehead atoms. The molecule has 7 heteroatoms. The van der Waals surface area contributed by atoms with E-state index in [1.165, 1.54) is 0 Å². The van der Waals surface area contributed by atoms with Gasteiger partial charge in [0.15, 0.2) is 5.76 Å². The third-order valence-corrected chi connectivity index (χ3v) is 5.10. The summed E-state index contributed by atoms with van der Waals surface area (Å²) in [6.45, 7) is 1.03. The van der Waals surface area contributed by atoms with E-state index in [2.05, 4.69) is 26.2 Å². The van der Waals surface area contributed by atoms with E-state index in [1.54, 1.807) is 18.3 Å². The van der Waals surface area contributed by atoms with Gasteiger partial charge in [-0.3, -0.25) is 9.78 Å². The summed E-state index contributed by atoms with van der Waals surface area (Å²) in [6, 6.07) is 24.2. The number of furan rings is 1. The second-order valence-corrected chi connectivity index (χ2v) is 7.86. The molecule has 2 aromatic heterocycles. The van der Waals surface area contributed by atoms with Crippen LogP contribution in [0.2, 0.25) is 0 Å². The van der Waals surface area contributed by atoms with E-state index in [0.29, 0.717) is 18.9 Å². The lowest BCUT2D eigenvalue weighted by Crippen LogP contribution is -2.22. The van der Waals surface area contributed by atoms with Crippen LogP contribution >= 0.6 is 15.9 Å². The molecule has 32 heavy (non-hydrogen) atoms. The van der Waals surface area contributed by atoms with Crippen LogP contribution in [0.5, 0.6) is 11.5 Å². The van der Waals surface area contributed by atoms with Crippen LogP contribution in [0.15, 0.2) is 93.9 Å². The zero-order valence-electron chi connectivity index (χ0n) is 17.2. The van der Waals surface area contributed by atoms with Crippen LogP contribution in [-0.4, -0.2) is 10.9 Å². The average Bonchev–Trinajstić information content (AvgIpc) is 3.31. The molecule has 6 nitrogen and oxygen atoms in total. The molecule has 0 fully saturated rings. The number of ether oxygens (including phenoxy) is 2. The van der Waals surface area contributed by atoms with Crippen molar-refractivity contribution in [1.29, 1.82) is 0 Å². The summed E-state index contributed by atoms with van der Waals surface area (Å²) in [5.41, 5.74) is 1.82. The topological polar surface area (TPSA) is 73.6 Å². The average molecular weight is 493 g/mol. The molecule has 0 saturated heterocycles. The van der Waals surface area contributed by atoms with E-state index < -0.39 is 0 Å². The van der Waals surface area contributed by atoms with E-state index in [9.17, 15) is 4.79 Å². The lowest BCUT2D eigenvalue weighted by atomic mass is 10.2. The maximum atomic E-state index is 12.4. The molecule has 0 aliphatic heterocycles. The van der Waals surface area contributed by atoms with E-state index in [4.69, 9.17) is 13.9 Å². The first kappa shape index (κ1) is 21.6. The smallest absolute Gasteiger partial charge is 0.287 e. The van der Waals surface area contributed by atoms with Crippen molar-refractivity contribution in [2.75, 3.05) is 0 Å².